The zero-order valence-electron chi connectivity index (χ0n) is 8.95. The van der Waals surface area contributed by atoms with Crippen LogP contribution >= 0.6 is 0 Å². The Morgan fingerprint density at radius 2 is 1.79 bits per heavy atom. The molecule has 0 aromatic carbocycles. The van der Waals surface area contributed by atoms with Crippen LogP contribution in [-0.2, 0) is 0 Å². The van der Waals surface area contributed by atoms with Gasteiger partial charge in [-0.1, -0.05) is 26.2 Å². The predicted octanol–water partition coefficient (Wildman–Crippen LogP) is 2.19. The Labute approximate surface area is 86.5 Å². The molecule has 0 aliphatic carbocycles. The topological polar surface area (TPSA) is 64.9 Å². The van der Waals surface area contributed by atoms with Crippen molar-refractivity contribution in [3.63, 3.8) is 0 Å². The van der Waals surface area contributed by atoms with Crippen LogP contribution in [0.5, 0.6) is 0 Å². The smallest absolute Gasteiger partial charge is 0.0344 e. The number of hydrogen-bond donors (Lipinski definition) is 2. The lowest BCUT2D eigenvalue weighted by Gasteiger charge is -1.90. The van der Waals surface area contributed by atoms with Crippen molar-refractivity contribution < 1.29 is 0 Å². The maximum Gasteiger partial charge on any atom is 0.0344 e. The first kappa shape index (κ1) is 12.9. The van der Waals surface area contributed by atoms with Gasteiger partial charge in [-0.25, -0.2) is 0 Å². The molecule has 1 rings (SSSR count). The first-order chi connectivity index (χ1) is 6.81. The summed E-state index contributed by atoms with van der Waals surface area (Å²) >= 11 is 0. The second-order valence-corrected chi connectivity index (χ2v) is 3.13. The molecule has 14 heavy (non-hydrogen) atoms. The second kappa shape index (κ2) is 9.99. The van der Waals surface area contributed by atoms with Crippen LogP contribution in [0.25, 0.3) is 0 Å². The summed E-state index contributed by atoms with van der Waals surface area (Å²) in [7, 11) is 0. The standard InChI is InChI=1S/C6H15N.C5H6N2/c1-2-3-4-5-6-7;6-5-1-3-7-4-2-5/h2-7H2,1H3;1-4H,(H2,6,7). The molecular weight excluding hydrogens is 174 g/mol. The number of aromatic nitrogens is 1. The summed E-state index contributed by atoms with van der Waals surface area (Å²) in [4.78, 5) is 3.77. The van der Waals surface area contributed by atoms with Gasteiger partial charge in [0.05, 0.1) is 0 Å². The van der Waals surface area contributed by atoms with Crippen molar-refractivity contribution in [2.45, 2.75) is 32.6 Å². The van der Waals surface area contributed by atoms with E-state index in [1.165, 1.54) is 25.7 Å². The van der Waals surface area contributed by atoms with Crippen LogP contribution in [0.3, 0.4) is 0 Å². The Morgan fingerprint density at radius 1 is 1.14 bits per heavy atom. The van der Waals surface area contributed by atoms with E-state index in [0.717, 1.165) is 12.2 Å². The molecular formula is C11H21N3. The lowest BCUT2D eigenvalue weighted by atomic mass is 10.2. The van der Waals surface area contributed by atoms with Crippen molar-refractivity contribution in [1.82, 2.24) is 4.98 Å². The summed E-state index contributed by atoms with van der Waals surface area (Å²) in [5, 5.41) is 0. The number of nitrogen functional groups attached to an aromatic ring is 1. The highest BCUT2D eigenvalue weighted by Crippen LogP contribution is 1.95. The quantitative estimate of drug-likeness (QED) is 0.724. The van der Waals surface area contributed by atoms with Crippen LogP contribution in [0.1, 0.15) is 32.6 Å². The number of nitrogens with zero attached hydrogens (tertiary/aromatic N) is 1. The summed E-state index contributed by atoms with van der Waals surface area (Å²) in [5.41, 5.74) is 11.3. The molecule has 0 radical (unpaired) electrons. The van der Waals surface area contributed by atoms with Gasteiger partial charge >= 0.3 is 0 Å². The van der Waals surface area contributed by atoms with Crippen molar-refractivity contribution in [2.24, 2.45) is 5.73 Å². The van der Waals surface area contributed by atoms with Gasteiger partial charge in [0.15, 0.2) is 0 Å². The number of hydrogen-bond acceptors (Lipinski definition) is 3. The first-order valence-corrected chi connectivity index (χ1v) is 5.16. The van der Waals surface area contributed by atoms with Crippen LogP contribution < -0.4 is 11.5 Å². The molecule has 0 aliphatic rings. The van der Waals surface area contributed by atoms with Gasteiger partial charge in [-0.05, 0) is 25.1 Å². The Morgan fingerprint density at radius 3 is 2.14 bits per heavy atom. The molecule has 1 aromatic rings. The van der Waals surface area contributed by atoms with Gasteiger partial charge in [0.25, 0.3) is 0 Å². The van der Waals surface area contributed by atoms with Crippen LogP contribution in [0, 0.1) is 0 Å². The fraction of sp³-hybridized carbons (Fsp3) is 0.545. The lowest BCUT2D eigenvalue weighted by molar-refractivity contribution is 0.674. The third-order valence-electron chi connectivity index (χ3n) is 1.76. The lowest BCUT2D eigenvalue weighted by Crippen LogP contribution is -1.97. The van der Waals surface area contributed by atoms with E-state index >= 15 is 0 Å². The Hall–Kier alpha value is -1.09. The van der Waals surface area contributed by atoms with Gasteiger partial charge in [0.1, 0.15) is 0 Å². The molecule has 0 fully saturated rings. The molecule has 1 heterocycles. The van der Waals surface area contributed by atoms with E-state index < -0.39 is 0 Å². The highest BCUT2D eigenvalue weighted by atomic mass is 14.6. The largest absolute Gasteiger partial charge is 0.399 e. The molecule has 0 saturated heterocycles. The summed E-state index contributed by atoms with van der Waals surface area (Å²) < 4.78 is 0. The molecule has 0 atom stereocenters. The number of rotatable bonds is 4. The zero-order valence-corrected chi connectivity index (χ0v) is 8.95. The van der Waals surface area contributed by atoms with Gasteiger partial charge in [0.2, 0.25) is 0 Å². The molecule has 0 amide bonds. The minimum Gasteiger partial charge on any atom is -0.399 e. The van der Waals surface area contributed by atoms with Crippen molar-refractivity contribution in [3.8, 4) is 0 Å². The van der Waals surface area contributed by atoms with Crippen LogP contribution in [0.15, 0.2) is 24.5 Å². The van der Waals surface area contributed by atoms with E-state index in [-0.39, 0.29) is 0 Å². The van der Waals surface area contributed by atoms with Crippen LogP contribution in [0.2, 0.25) is 0 Å². The third-order valence-corrected chi connectivity index (χ3v) is 1.76. The van der Waals surface area contributed by atoms with Gasteiger partial charge in [-0.15, -0.1) is 0 Å². The van der Waals surface area contributed by atoms with Crippen LogP contribution in [0.4, 0.5) is 5.69 Å². The Kier molecular flexibility index (Phi) is 9.22. The van der Waals surface area contributed by atoms with E-state index in [0.29, 0.717) is 0 Å². The summed E-state index contributed by atoms with van der Waals surface area (Å²) in [6.07, 6.45) is 8.49. The molecule has 0 bridgehead atoms. The molecule has 80 valence electrons. The zero-order chi connectivity index (χ0) is 10.6. The van der Waals surface area contributed by atoms with E-state index in [4.69, 9.17) is 11.5 Å². The fourth-order valence-electron chi connectivity index (χ4n) is 0.935. The Balaban J connectivity index is 0.000000241. The third kappa shape index (κ3) is 9.00. The maximum atomic E-state index is 5.32. The van der Waals surface area contributed by atoms with E-state index in [9.17, 15) is 0 Å². The molecule has 3 heteroatoms. The SMILES string of the molecule is CCCCCCN.Nc1ccncc1. The number of anilines is 1. The fourth-order valence-corrected chi connectivity index (χ4v) is 0.935. The number of unbranched alkanes of at least 4 members (excludes halogenated alkanes) is 3. The van der Waals surface area contributed by atoms with Crippen molar-refractivity contribution in [1.29, 1.82) is 0 Å². The highest BCUT2D eigenvalue weighted by molar-refractivity contribution is 5.33. The summed E-state index contributed by atoms with van der Waals surface area (Å²) in [6.45, 7) is 3.07. The van der Waals surface area contributed by atoms with Crippen molar-refractivity contribution >= 4 is 5.69 Å². The van der Waals surface area contributed by atoms with Gasteiger partial charge in [-0.2, -0.15) is 0 Å². The van der Waals surface area contributed by atoms with Crippen molar-refractivity contribution in [2.75, 3.05) is 12.3 Å². The van der Waals surface area contributed by atoms with Gasteiger partial charge in [0, 0.05) is 18.1 Å². The van der Waals surface area contributed by atoms with E-state index in [1.807, 2.05) is 0 Å². The van der Waals surface area contributed by atoms with E-state index in [2.05, 4.69) is 11.9 Å². The van der Waals surface area contributed by atoms with E-state index in [1.54, 1.807) is 24.5 Å². The first-order valence-electron chi connectivity index (χ1n) is 5.16. The molecule has 1 aromatic heterocycles. The summed E-state index contributed by atoms with van der Waals surface area (Å²) in [6, 6.07) is 3.50. The minimum absolute atomic E-state index is 0.759. The molecule has 0 saturated carbocycles. The molecule has 4 N–H and O–H groups in total. The maximum absolute atomic E-state index is 5.32. The molecule has 0 spiro atoms. The summed E-state index contributed by atoms with van der Waals surface area (Å²) in [5.74, 6) is 0. The Bertz CT molecular complexity index is 195. The van der Waals surface area contributed by atoms with Gasteiger partial charge in [-0.3, -0.25) is 4.98 Å². The molecule has 3 nitrogen and oxygen atoms in total. The average Bonchev–Trinajstić information content (AvgIpc) is 2.21. The monoisotopic (exact) mass is 195 g/mol. The second-order valence-electron chi connectivity index (χ2n) is 3.13. The highest BCUT2D eigenvalue weighted by Gasteiger charge is 1.80. The van der Waals surface area contributed by atoms with Crippen molar-refractivity contribution in [3.05, 3.63) is 24.5 Å². The minimum atomic E-state index is 0.759. The predicted molar refractivity (Wildman–Crippen MR) is 61.8 cm³/mol. The average molecular weight is 195 g/mol. The number of pyridine rings is 1. The van der Waals surface area contributed by atoms with Crippen LogP contribution in [-0.4, -0.2) is 11.5 Å². The molecule has 0 unspecified atom stereocenters. The molecule has 0 aliphatic heterocycles. The van der Waals surface area contributed by atoms with Gasteiger partial charge < -0.3 is 11.5 Å². The normalized spacial score (nSPS) is 9.00. The number of nitrogens with two attached hydrogens (primary N) is 2.